The molecule has 43 heavy (non-hydrogen) atoms. The van der Waals surface area contributed by atoms with E-state index < -0.39 is 23.4 Å². The number of hydrogen-bond acceptors (Lipinski definition) is 6. The lowest BCUT2D eigenvalue weighted by Crippen LogP contribution is -2.32. The normalized spacial score (nSPS) is 15.4. The van der Waals surface area contributed by atoms with Crippen molar-refractivity contribution in [1.29, 1.82) is 0 Å². The Morgan fingerprint density at radius 3 is 2.47 bits per heavy atom. The number of amides is 3. The molecule has 8 nitrogen and oxygen atoms in total. The maximum Gasteiger partial charge on any atom is 0.267 e. The van der Waals surface area contributed by atoms with Gasteiger partial charge in [-0.05, 0) is 73.2 Å². The molecule has 1 atom stereocenters. The Kier molecular flexibility index (Phi) is 7.72. The van der Waals surface area contributed by atoms with Crippen LogP contribution in [0.1, 0.15) is 71.8 Å². The van der Waals surface area contributed by atoms with Gasteiger partial charge in [-0.3, -0.25) is 24.8 Å². The Bertz CT molecular complexity index is 1760. The number of benzene rings is 2. The maximum absolute atomic E-state index is 13.7. The zero-order valence-corrected chi connectivity index (χ0v) is 23.6. The van der Waals surface area contributed by atoms with Gasteiger partial charge in [0.1, 0.15) is 5.82 Å². The van der Waals surface area contributed by atoms with Crippen LogP contribution in [-0.2, 0) is 19.4 Å². The summed E-state index contributed by atoms with van der Waals surface area (Å²) in [7, 11) is 0. The van der Waals surface area contributed by atoms with E-state index in [4.69, 9.17) is 10.8 Å². The van der Waals surface area contributed by atoms with Gasteiger partial charge in [0, 0.05) is 23.5 Å². The minimum Gasteiger partial charge on any atom is -0.347 e. The van der Waals surface area contributed by atoms with Gasteiger partial charge in [-0.1, -0.05) is 18.2 Å². The minimum absolute atomic E-state index is 0.0303. The molecule has 3 amide bonds. The van der Waals surface area contributed by atoms with Gasteiger partial charge < -0.3 is 10.2 Å². The first-order valence-electron chi connectivity index (χ1n) is 13.7. The van der Waals surface area contributed by atoms with Crippen molar-refractivity contribution in [3.05, 3.63) is 111 Å². The number of carbonyl (C=O) groups is 3. The third kappa shape index (κ3) is 5.39. The monoisotopic (exact) mass is 605 g/mol. The second-order valence-electron chi connectivity index (χ2n) is 10.4. The van der Waals surface area contributed by atoms with Crippen molar-refractivity contribution < 1.29 is 27.6 Å². The highest BCUT2D eigenvalue weighted by molar-refractivity contribution is 7.17. The average Bonchev–Trinajstić information content (AvgIpc) is 3.75. The second-order valence-corrected chi connectivity index (χ2v) is 11.5. The summed E-state index contributed by atoms with van der Waals surface area (Å²) >= 11 is 1.09. The average molecular weight is 606 g/mol. The zero-order valence-electron chi connectivity index (χ0n) is 22.8. The molecule has 12 heteroatoms. The van der Waals surface area contributed by atoms with Crippen LogP contribution in [0.2, 0.25) is 0 Å². The van der Waals surface area contributed by atoms with Crippen molar-refractivity contribution in [1.82, 2.24) is 20.6 Å². The Balaban J connectivity index is 1.38. The summed E-state index contributed by atoms with van der Waals surface area (Å²) in [5.74, 6) is 1.95. The first-order valence-corrected chi connectivity index (χ1v) is 14.5. The topological polar surface area (TPSA) is 117 Å². The molecule has 2 aliphatic heterocycles. The fourth-order valence-corrected chi connectivity index (χ4v) is 6.70. The van der Waals surface area contributed by atoms with Crippen LogP contribution in [0.4, 0.5) is 13.2 Å². The van der Waals surface area contributed by atoms with E-state index in [9.17, 15) is 27.6 Å². The maximum atomic E-state index is 13.7. The van der Waals surface area contributed by atoms with Crippen LogP contribution < -0.4 is 16.6 Å². The quantitative estimate of drug-likeness (QED) is 0.151. The molecule has 4 N–H and O–H groups in total. The predicted octanol–water partition coefficient (Wildman–Crippen LogP) is 4.84. The van der Waals surface area contributed by atoms with Crippen LogP contribution in [0.5, 0.6) is 0 Å². The van der Waals surface area contributed by atoms with Crippen LogP contribution in [-0.4, -0.2) is 34.2 Å². The van der Waals surface area contributed by atoms with Gasteiger partial charge >= 0.3 is 0 Å². The molecule has 4 heterocycles. The van der Waals surface area contributed by atoms with E-state index >= 15 is 0 Å². The molecule has 0 radical (unpaired) electrons. The summed E-state index contributed by atoms with van der Waals surface area (Å²) in [6, 6.07) is 12.5. The molecule has 0 aliphatic carbocycles. The molecule has 0 spiro atoms. The van der Waals surface area contributed by atoms with Gasteiger partial charge in [-0.2, -0.15) is 0 Å². The largest absolute Gasteiger partial charge is 0.347 e. The molecule has 2 aliphatic rings. The van der Waals surface area contributed by atoms with E-state index in [-0.39, 0.29) is 29.9 Å². The molecule has 220 valence electrons. The molecule has 1 fully saturated rings. The highest BCUT2D eigenvalue weighted by atomic mass is 32.1. The van der Waals surface area contributed by atoms with Gasteiger partial charge in [0.15, 0.2) is 11.6 Å². The van der Waals surface area contributed by atoms with Crippen molar-refractivity contribution in [3.8, 4) is 10.4 Å². The Morgan fingerprint density at radius 2 is 1.72 bits per heavy atom. The Labute approximate surface area is 248 Å². The molecule has 0 bridgehead atoms. The lowest BCUT2D eigenvalue weighted by molar-refractivity contribution is 0.0776. The predicted molar refractivity (Wildman–Crippen MR) is 154 cm³/mol. The molecular weight excluding hydrogens is 579 g/mol. The summed E-state index contributed by atoms with van der Waals surface area (Å²) in [6.45, 7) is 0.544. The van der Waals surface area contributed by atoms with Crippen LogP contribution >= 0.6 is 11.3 Å². The first kappa shape index (κ1) is 28.6. The van der Waals surface area contributed by atoms with E-state index in [1.54, 1.807) is 29.2 Å². The van der Waals surface area contributed by atoms with Gasteiger partial charge in [-0.25, -0.2) is 19.0 Å². The molecule has 4 aromatic rings. The summed E-state index contributed by atoms with van der Waals surface area (Å²) in [5, 5.41) is 2.69. The number of hydrazine groups is 1. The Morgan fingerprint density at radius 1 is 0.953 bits per heavy atom. The summed E-state index contributed by atoms with van der Waals surface area (Å²) < 4.78 is 40.3. The number of halogens is 3. The third-order valence-electron chi connectivity index (χ3n) is 7.78. The number of nitrogen functional groups attached to an aromatic ring is 1. The number of nitrogens with zero attached hydrogens (tertiary/aromatic N) is 2. The van der Waals surface area contributed by atoms with Gasteiger partial charge in [0.2, 0.25) is 0 Å². The van der Waals surface area contributed by atoms with Crippen molar-refractivity contribution in [2.24, 2.45) is 5.84 Å². The van der Waals surface area contributed by atoms with Gasteiger partial charge in [0.25, 0.3) is 17.7 Å². The van der Waals surface area contributed by atoms with Crippen molar-refractivity contribution in [2.75, 3.05) is 6.54 Å². The number of hydrogen-bond donors (Lipinski definition) is 3. The fraction of sp³-hybridized carbons (Fsp3) is 0.226. The van der Waals surface area contributed by atoms with E-state index in [1.807, 2.05) is 0 Å². The molecule has 0 saturated carbocycles. The highest BCUT2D eigenvalue weighted by Gasteiger charge is 2.44. The number of nitrogens with one attached hydrogen (secondary N) is 2. The van der Waals surface area contributed by atoms with Crippen LogP contribution in [0.25, 0.3) is 10.4 Å². The summed E-state index contributed by atoms with van der Waals surface area (Å²) in [4.78, 5) is 47.4. The van der Waals surface area contributed by atoms with Crippen LogP contribution in [0.15, 0.2) is 54.6 Å². The van der Waals surface area contributed by atoms with E-state index in [2.05, 4.69) is 10.7 Å². The number of rotatable bonds is 8. The van der Waals surface area contributed by atoms with E-state index in [0.717, 1.165) is 41.9 Å². The number of aromatic nitrogens is 1. The van der Waals surface area contributed by atoms with Crippen molar-refractivity contribution in [3.63, 3.8) is 0 Å². The molecule has 1 saturated heterocycles. The van der Waals surface area contributed by atoms with Crippen LogP contribution in [0.3, 0.4) is 0 Å². The molecule has 2 aromatic heterocycles. The SMILES string of the molecule is NNC(=O)c1c(CCc2ccc(F)cc2)nc2c(c1-c1ccc(C(=O)NCc3ccc(F)c(F)c3)s1)C(=O)N1CCCC21. The highest BCUT2D eigenvalue weighted by Crippen LogP contribution is 2.46. The number of thiophene rings is 1. The minimum atomic E-state index is -1.01. The smallest absolute Gasteiger partial charge is 0.267 e. The standard InChI is InChI=1S/C31H26F3N5O3S/c32-18-7-3-16(4-8-18)6-10-21-25(30(41)38-35)26(27-28(37-21)22-2-1-13-39(22)31(27)42)23-11-12-24(43-23)29(40)36-15-17-5-9-19(33)20(34)14-17/h3-5,7-9,11-12,14,22H,1-2,6,10,13,15,35H2,(H,36,40)(H,38,41). The third-order valence-corrected chi connectivity index (χ3v) is 8.88. The number of aryl methyl sites for hydroxylation is 2. The Hall–Kier alpha value is -4.55. The molecule has 6 rings (SSSR count). The molecular formula is C31H26F3N5O3S. The fourth-order valence-electron chi connectivity index (χ4n) is 5.72. The van der Waals surface area contributed by atoms with Gasteiger partial charge in [0.05, 0.1) is 33.4 Å². The zero-order chi connectivity index (χ0) is 30.2. The van der Waals surface area contributed by atoms with E-state index in [0.29, 0.717) is 57.2 Å². The number of carbonyl (C=O) groups excluding carboxylic acids is 3. The van der Waals surface area contributed by atoms with Gasteiger partial charge in [-0.15, -0.1) is 11.3 Å². The van der Waals surface area contributed by atoms with Crippen molar-refractivity contribution >= 4 is 29.1 Å². The first-order chi connectivity index (χ1) is 20.7. The number of pyridine rings is 1. The number of fused-ring (bicyclic) bond motifs is 3. The molecule has 2 aromatic carbocycles. The lowest BCUT2D eigenvalue weighted by Gasteiger charge is -2.17. The van der Waals surface area contributed by atoms with Crippen molar-refractivity contribution in [2.45, 2.75) is 38.3 Å². The lowest BCUT2D eigenvalue weighted by atomic mass is 9.93. The summed E-state index contributed by atoms with van der Waals surface area (Å²) in [6.07, 6.45) is 2.36. The van der Waals surface area contributed by atoms with E-state index in [1.165, 1.54) is 18.2 Å². The summed E-state index contributed by atoms with van der Waals surface area (Å²) in [5.41, 5.74) is 5.29. The number of nitrogens with two attached hydrogens (primary N) is 1. The molecule has 1 unspecified atom stereocenters. The second kappa shape index (κ2) is 11.6. The van der Waals surface area contributed by atoms with Crippen LogP contribution in [0, 0.1) is 17.5 Å².